The molecule has 0 aliphatic rings. The minimum atomic E-state index is -0.213. The number of thiol groups is 1. The quantitative estimate of drug-likeness (QED) is 0.681. The molecule has 0 aliphatic carbocycles. The van der Waals surface area contributed by atoms with Crippen molar-refractivity contribution in [2.24, 2.45) is 0 Å². The van der Waals surface area contributed by atoms with Crippen molar-refractivity contribution in [3.05, 3.63) is 29.8 Å². The molecule has 16 heavy (non-hydrogen) atoms. The van der Waals surface area contributed by atoms with E-state index in [1.165, 1.54) is 0 Å². The Kier molecular flexibility index (Phi) is 4.85. The van der Waals surface area contributed by atoms with Crippen LogP contribution in [-0.4, -0.2) is 25.4 Å². The van der Waals surface area contributed by atoms with Crippen molar-refractivity contribution in [2.75, 3.05) is 13.6 Å². The summed E-state index contributed by atoms with van der Waals surface area (Å²) in [5.41, 5.74) is 0.516. The van der Waals surface area contributed by atoms with Gasteiger partial charge in [0.25, 0.3) is 5.91 Å². The van der Waals surface area contributed by atoms with Crippen LogP contribution in [0, 0.1) is 0 Å². The third kappa shape index (κ3) is 3.58. The molecule has 0 unspecified atom stereocenters. The summed E-state index contributed by atoms with van der Waals surface area (Å²) >= 11 is 4.18. The van der Waals surface area contributed by atoms with Gasteiger partial charge in [-0.1, -0.05) is 12.1 Å². The molecule has 0 bridgehead atoms. The van der Waals surface area contributed by atoms with E-state index in [-0.39, 0.29) is 18.2 Å². The summed E-state index contributed by atoms with van der Waals surface area (Å²) in [4.78, 5) is 23.2. The molecule has 4 nitrogen and oxygen atoms in total. The van der Waals surface area contributed by atoms with Gasteiger partial charge in [-0.2, -0.15) is 0 Å². The highest BCUT2D eigenvalue weighted by atomic mass is 32.1. The predicted octanol–water partition coefficient (Wildman–Crippen LogP) is 0.841. The zero-order chi connectivity index (χ0) is 12.0. The van der Waals surface area contributed by atoms with E-state index in [9.17, 15) is 9.59 Å². The lowest BCUT2D eigenvalue weighted by atomic mass is 10.2. The maximum Gasteiger partial charge on any atom is 0.252 e. The van der Waals surface area contributed by atoms with E-state index >= 15 is 0 Å². The van der Waals surface area contributed by atoms with Crippen molar-refractivity contribution in [3.8, 4) is 0 Å². The summed E-state index contributed by atoms with van der Waals surface area (Å²) in [5.74, 6) is -0.311. The highest BCUT2D eigenvalue weighted by Gasteiger charge is 2.08. The topological polar surface area (TPSA) is 58.2 Å². The van der Waals surface area contributed by atoms with E-state index < -0.39 is 0 Å². The first-order chi connectivity index (χ1) is 7.65. The maximum absolute atomic E-state index is 11.6. The predicted molar refractivity (Wildman–Crippen MR) is 64.7 cm³/mol. The molecule has 0 aliphatic heterocycles. The van der Waals surface area contributed by atoms with Gasteiger partial charge in [-0.05, 0) is 12.1 Å². The van der Waals surface area contributed by atoms with Gasteiger partial charge in [0.2, 0.25) is 5.91 Å². The van der Waals surface area contributed by atoms with Crippen molar-refractivity contribution in [1.29, 1.82) is 0 Å². The fourth-order valence-corrected chi connectivity index (χ4v) is 1.44. The number of nitrogens with one attached hydrogen (secondary N) is 2. The molecule has 0 atom stereocenters. The van der Waals surface area contributed by atoms with E-state index in [0.29, 0.717) is 17.0 Å². The maximum atomic E-state index is 11.6. The first kappa shape index (κ1) is 12.6. The second-order valence-corrected chi connectivity index (χ2v) is 3.68. The molecule has 1 aromatic carbocycles. The Bertz CT molecular complexity index is 393. The summed E-state index contributed by atoms with van der Waals surface area (Å²) in [5, 5.41) is 5.14. The zero-order valence-corrected chi connectivity index (χ0v) is 9.88. The van der Waals surface area contributed by atoms with Crippen LogP contribution in [0.4, 0.5) is 0 Å². The molecule has 2 amide bonds. The fourth-order valence-electron chi connectivity index (χ4n) is 1.18. The summed E-state index contributed by atoms with van der Waals surface area (Å²) in [7, 11) is 1.56. The fraction of sp³-hybridized carbons (Fsp3) is 0.273. The smallest absolute Gasteiger partial charge is 0.252 e. The number of hydrogen-bond acceptors (Lipinski definition) is 3. The van der Waals surface area contributed by atoms with Crippen LogP contribution in [-0.2, 0) is 4.79 Å². The third-order valence-electron chi connectivity index (χ3n) is 2.07. The highest BCUT2D eigenvalue weighted by Crippen LogP contribution is 2.12. The van der Waals surface area contributed by atoms with Gasteiger partial charge in [0, 0.05) is 24.9 Å². The molecule has 0 aromatic heterocycles. The second kappa shape index (κ2) is 6.17. The Morgan fingerprint density at radius 3 is 2.62 bits per heavy atom. The first-order valence-corrected chi connectivity index (χ1v) is 5.36. The SMILES string of the molecule is CNC(=O)CCNC(=O)c1ccccc1S. The van der Waals surface area contributed by atoms with Crippen LogP contribution in [0.3, 0.4) is 0 Å². The van der Waals surface area contributed by atoms with Crippen LogP contribution in [0.15, 0.2) is 29.2 Å². The number of carbonyl (C=O) groups excluding carboxylic acids is 2. The van der Waals surface area contributed by atoms with Gasteiger partial charge in [-0.15, -0.1) is 12.6 Å². The van der Waals surface area contributed by atoms with E-state index in [1.54, 1.807) is 25.2 Å². The molecule has 2 N–H and O–H groups in total. The van der Waals surface area contributed by atoms with Crippen molar-refractivity contribution in [3.63, 3.8) is 0 Å². The number of amides is 2. The standard InChI is InChI=1S/C11H14N2O2S/c1-12-10(14)6-7-13-11(15)8-4-2-3-5-9(8)16/h2-5,16H,6-7H2,1H3,(H,12,14)(H,13,15). The normalized spacial score (nSPS) is 9.62. The van der Waals surface area contributed by atoms with Gasteiger partial charge in [0.15, 0.2) is 0 Å². The molecule has 5 heteroatoms. The van der Waals surface area contributed by atoms with E-state index in [1.807, 2.05) is 6.07 Å². The van der Waals surface area contributed by atoms with Crippen LogP contribution in [0.1, 0.15) is 16.8 Å². The lowest BCUT2D eigenvalue weighted by Crippen LogP contribution is -2.29. The summed E-state index contributed by atoms with van der Waals surface area (Å²) in [6.45, 7) is 0.320. The van der Waals surface area contributed by atoms with E-state index in [0.717, 1.165) is 0 Å². The lowest BCUT2D eigenvalue weighted by Gasteiger charge is -2.06. The summed E-state index contributed by atoms with van der Waals surface area (Å²) in [6, 6.07) is 7.02. The minimum absolute atomic E-state index is 0.0977. The average Bonchev–Trinajstić information content (AvgIpc) is 2.29. The van der Waals surface area contributed by atoms with E-state index in [4.69, 9.17) is 0 Å². The summed E-state index contributed by atoms with van der Waals surface area (Å²) in [6.07, 6.45) is 0.275. The second-order valence-electron chi connectivity index (χ2n) is 3.20. The molecule has 1 aromatic rings. The van der Waals surface area contributed by atoms with Gasteiger partial charge in [0.05, 0.1) is 5.56 Å². The molecular formula is C11H14N2O2S. The minimum Gasteiger partial charge on any atom is -0.359 e. The molecule has 0 saturated carbocycles. The van der Waals surface area contributed by atoms with Crippen LogP contribution in [0.2, 0.25) is 0 Å². The zero-order valence-electron chi connectivity index (χ0n) is 8.99. The van der Waals surface area contributed by atoms with Crippen molar-refractivity contribution >= 4 is 24.4 Å². The number of rotatable bonds is 4. The van der Waals surface area contributed by atoms with Crippen LogP contribution < -0.4 is 10.6 Å². The molecule has 0 radical (unpaired) electrons. The monoisotopic (exact) mass is 238 g/mol. The molecule has 0 heterocycles. The number of benzene rings is 1. The summed E-state index contributed by atoms with van der Waals surface area (Å²) < 4.78 is 0. The Morgan fingerprint density at radius 2 is 2.00 bits per heavy atom. The van der Waals surface area contributed by atoms with Gasteiger partial charge in [-0.25, -0.2) is 0 Å². The Balaban J connectivity index is 2.47. The van der Waals surface area contributed by atoms with Crippen LogP contribution in [0.25, 0.3) is 0 Å². The Morgan fingerprint density at radius 1 is 1.31 bits per heavy atom. The largest absolute Gasteiger partial charge is 0.359 e. The van der Waals surface area contributed by atoms with Crippen molar-refractivity contribution < 1.29 is 9.59 Å². The highest BCUT2D eigenvalue weighted by molar-refractivity contribution is 7.80. The van der Waals surface area contributed by atoms with Crippen molar-refractivity contribution in [2.45, 2.75) is 11.3 Å². The molecule has 86 valence electrons. The average molecular weight is 238 g/mol. The van der Waals surface area contributed by atoms with Gasteiger partial charge >= 0.3 is 0 Å². The van der Waals surface area contributed by atoms with Crippen LogP contribution in [0.5, 0.6) is 0 Å². The van der Waals surface area contributed by atoms with Gasteiger partial charge in [0.1, 0.15) is 0 Å². The van der Waals surface area contributed by atoms with Gasteiger partial charge < -0.3 is 10.6 Å². The molecular weight excluding hydrogens is 224 g/mol. The molecule has 1 rings (SSSR count). The van der Waals surface area contributed by atoms with Crippen LogP contribution >= 0.6 is 12.6 Å². The molecule has 0 saturated heterocycles. The molecule has 0 fully saturated rings. The van der Waals surface area contributed by atoms with Gasteiger partial charge in [-0.3, -0.25) is 9.59 Å². The first-order valence-electron chi connectivity index (χ1n) is 4.92. The Hall–Kier alpha value is -1.49. The Labute approximate surface area is 99.8 Å². The number of hydrogen-bond donors (Lipinski definition) is 3. The lowest BCUT2D eigenvalue weighted by molar-refractivity contribution is -0.120. The number of carbonyl (C=O) groups is 2. The third-order valence-corrected chi connectivity index (χ3v) is 2.46. The van der Waals surface area contributed by atoms with Crippen molar-refractivity contribution in [1.82, 2.24) is 10.6 Å². The molecule has 0 spiro atoms. The van der Waals surface area contributed by atoms with E-state index in [2.05, 4.69) is 23.3 Å².